The van der Waals surface area contributed by atoms with Gasteiger partial charge in [0.15, 0.2) is 0 Å². The van der Waals surface area contributed by atoms with Crippen molar-refractivity contribution in [2.75, 3.05) is 66.4 Å². The van der Waals surface area contributed by atoms with Crippen molar-refractivity contribution in [1.29, 1.82) is 0 Å². The van der Waals surface area contributed by atoms with Crippen LogP contribution in [0.15, 0.2) is 12.2 Å². The van der Waals surface area contributed by atoms with E-state index in [-0.39, 0.29) is 13.2 Å². The molecule has 0 amide bonds. The maximum absolute atomic E-state index is 9.22. The summed E-state index contributed by atoms with van der Waals surface area (Å²) in [6.07, 6.45) is 25.0. The van der Waals surface area contributed by atoms with Gasteiger partial charge in [0.05, 0.1) is 53.3 Å². The molecule has 9 nitrogen and oxygen atoms in total. The van der Waals surface area contributed by atoms with Gasteiger partial charge in [0.25, 0.3) is 0 Å². The number of quaternary nitrogens is 1. The number of aliphatic hydroxyl groups is 2. The van der Waals surface area contributed by atoms with E-state index in [9.17, 15) is 13.0 Å². The van der Waals surface area contributed by atoms with Crippen molar-refractivity contribution in [1.82, 2.24) is 0 Å². The highest BCUT2D eigenvalue weighted by Crippen LogP contribution is 2.10. The summed E-state index contributed by atoms with van der Waals surface area (Å²) in [6, 6.07) is 0. The lowest BCUT2D eigenvalue weighted by atomic mass is 10.1. The summed E-state index contributed by atoms with van der Waals surface area (Å²) in [5, 5.41) is 17.6. The van der Waals surface area contributed by atoms with Crippen molar-refractivity contribution in [3.8, 4) is 0 Å². The number of aliphatic hydroxyl groups excluding tert-OH is 2. The SMILES string of the molecule is CCCCCCCCCC=CCCCCCCCC[NH+](CCOCCO)CCOCCO.COS(=O)(=O)[O-]. The molecule has 0 aromatic carbocycles. The first-order valence-electron chi connectivity index (χ1n) is 14.8. The number of hydrogen-bond donors (Lipinski definition) is 3. The van der Waals surface area contributed by atoms with Crippen molar-refractivity contribution in [3.05, 3.63) is 12.2 Å². The number of allylic oxidation sites excluding steroid dienone is 2. The molecule has 0 aliphatic carbocycles. The van der Waals surface area contributed by atoms with Crippen LogP contribution in [-0.4, -0.2) is 89.6 Å². The first-order chi connectivity index (χ1) is 18.4. The molecule has 0 aliphatic heterocycles. The molecule has 230 valence electrons. The van der Waals surface area contributed by atoms with Gasteiger partial charge < -0.3 is 29.1 Å². The zero-order valence-corrected chi connectivity index (χ0v) is 25.2. The predicted octanol–water partition coefficient (Wildman–Crippen LogP) is 3.41. The van der Waals surface area contributed by atoms with E-state index in [1.807, 2.05) is 0 Å². The second-order valence-corrected chi connectivity index (χ2v) is 10.7. The highest BCUT2D eigenvalue weighted by atomic mass is 32.3. The third-order valence-corrected chi connectivity index (χ3v) is 6.58. The maximum Gasteiger partial charge on any atom is 0.217 e. The molecular formula is C28H59NO8S. The highest BCUT2D eigenvalue weighted by Gasteiger charge is 2.08. The van der Waals surface area contributed by atoms with Gasteiger partial charge in [-0.2, -0.15) is 0 Å². The van der Waals surface area contributed by atoms with Crippen LogP contribution >= 0.6 is 0 Å². The van der Waals surface area contributed by atoms with Crippen LogP contribution < -0.4 is 4.90 Å². The Morgan fingerprint density at radius 1 is 0.658 bits per heavy atom. The number of unbranched alkanes of at least 4 members (excludes halogenated alkanes) is 13. The Morgan fingerprint density at radius 2 is 1.05 bits per heavy atom. The van der Waals surface area contributed by atoms with E-state index in [1.54, 1.807) is 0 Å². The molecule has 0 aromatic heterocycles. The highest BCUT2D eigenvalue weighted by molar-refractivity contribution is 7.80. The Labute approximate surface area is 233 Å². The lowest BCUT2D eigenvalue weighted by Crippen LogP contribution is -3.13. The van der Waals surface area contributed by atoms with Crippen molar-refractivity contribution in [2.45, 2.75) is 103 Å². The van der Waals surface area contributed by atoms with Crippen molar-refractivity contribution in [2.24, 2.45) is 0 Å². The second kappa shape index (κ2) is 32.6. The molecule has 10 heteroatoms. The molecule has 38 heavy (non-hydrogen) atoms. The van der Waals surface area contributed by atoms with Crippen LogP contribution in [0.3, 0.4) is 0 Å². The molecule has 0 radical (unpaired) electrons. The summed E-state index contributed by atoms with van der Waals surface area (Å²) < 4.78 is 41.9. The zero-order valence-electron chi connectivity index (χ0n) is 24.4. The molecular weight excluding hydrogens is 510 g/mol. The van der Waals surface area contributed by atoms with Crippen molar-refractivity contribution in [3.63, 3.8) is 0 Å². The molecule has 0 bridgehead atoms. The molecule has 0 fully saturated rings. The van der Waals surface area contributed by atoms with Gasteiger partial charge in [0.2, 0.25) is 10.4 Å². The van der Waals surface area contributed by atoms with Crippen LogP contribution in [-0.2, 0) is 24.1 Å². The molecule has 0 unspecified atom stereocenters. The molecule has 0 spiro atoms. The minimum atomic E-state index is -4.41. The smallest absolute Gasteiger partial charge is 0.217 e. The first kappa shape index (κ1) is 39.6. The van der Waals surface area contributed by atoms with Gasteiger partial charge in [-0.25, -0.2) is 8.42 Å². The van der Waals surface area contributed by atoms with Gasteiger partial charge in [0.1, 0.15) is 13.1 Å². The minimum Gasteiger partial charge on any atom is -0.726 e. The van der Waals surface area contributed by atoms with E-state index in [1.165, 1.54) is 101 Å². The molecule has 0 saturated heterocycles. The first-order valence-corrected chi connectivity index (χ1v) is 16.1. The van der Waals surface area contributed by atoms with E-state index < -0.39 is 10.4 Å². The minimum absolute atomic E-state index is 0.0872. The Balaban J connectivity index is 0. The molecule has 0 rings (SSSR count). The zero-order chi connectivity index (χ0) is 28.6. The topological polar surface area (TPSA) is 130 Å². The fourth-order valence-electron chi connectivity index (χ4n) is 3.94. The summed E-state index contributed by atoms with van der Waals surface area (Å²) in [6.45, 7) is 7.71. The van der Waals surface area contributed by atoms with E-state index in [0.29, 0.717) is 26.4 Å². The van der Waals surface area contributed by atoms with E-state index in [4.69, 9.17) is 19.7 Å². The van der Waals surface area contributed by atoms with Crippen molar-refractivity contribution < 1.29 is 41.7 Å². The van der Waals surface area contributed by atoms with Crippen LogP contribution in [0.25, 0.3) is 0 Å². The number of ether oxygens (including phenoxy) is 2. The summed E-state index contributed by atoms with van der Waals surface area (Å²) in [7, 11) is -3.60. The van der Waals surface area contributed by atoms with Crippen molar-refractivity contribution >= 4 is 10.4 Å². The average molecular weight is 570 g/mol. The summed E-state index contributed by atoms with van der Waals surface area (Å²) in [5.74, 6) is 0. The van der Waals surface area contributed by atoms with E-state index in [2.05, 4.69) is 23.3 Å². The number of hydrogen-bond acceptors (Lipinski definition) is 8. The fraction of sp³-hybridized carbons (Fsp3) is 0.929. The fourth-order valence-corrected chi connectivity index (χ4v) is 3.94. The Kier molecular flexibility index (Phi) is 34.0. The number of rotatable bonds is 28. The third kappa shape index (κ3) is 37.6. The normalized spacial score (nSPS) is 11.8. The molecule has 0 saturated carbocycles. The van der Waals surface area contributed by atoms with Gasteiger partial charge >= 0.3 is 0 Å². The predicted molar refractivity (Wildman–Crippen MR) is 152 cm³/mol. The van der Waals surface area contributed by atoms with Gasteiger partial charge in [-0.05, 0) is 38.5 Å². The maximum atomic E-state index is 9.22. The quantitative estimate of drug-likeness (QED) is 0.0566. The van der Waals surface area contributed by atoms with Gasteiger partial charge in [-0.3, -0.25) is 4.18 Å². The molecule has 0 aliphatic rings. The average Bonchev–Trinajstić information content (AvgIpc) is 2.90. The summed E-state index contributed by atoms with van der Waals surface area (Å²) in [4.78, 5) is 1.49. The van der Waals surface area contributed by atoms with Crippen LogP contribution in [0.4, 0.5) is 0 Å². The molecule has 0 aromatic rings. The monoisotopic (exact) mass is 569 g/mol. The summed E-state index contributed by atoms with van der Waals surface area (Å²) >= 11 is 0. The standard InChI is InChI=1S/C27H55NO4.CH4O4S/c1-2-3-4-5-6-7-8-9-10-11-12-13-14-15-16-17-18-19-28(20-24-31-26-22-29)21-25-32-27-23-30;1-5-6(2,3)4/h10-11,29-30H,2-9,12-27H2,1H3;1H3,(H,2,3,4). The van der Waals surface area contributed by atoms with Gasteiger partial charge in [0, 0.05) is 0 Å². The van der Waals surface area contributed by atoms with Gasteiger partial charge in [-0.15, -0.1) is 0 Å². The Morgan fingerprint density at radius 3 is 1.45 bits per heavy atom. The number of nitrogens with one attached hydrogen (secondary N) is 1. The third-order valence-electron chi connectivity index (χ3n) is 6.17. The lowest BCUT2D eigenvalue weighted by Gasteiger charge is -2.19. The van der Waals surface area contributed by atoms with Gasteiger partial charge in [-0.1, -0.05) is 76.9 Å². The molecule has 3 N–H and O–H groups in total. The largest absolute Gasteiger partial charge is 0.726 e. The molecule has 0 heterocycles. The molecule has 0 atom stereocenters. The Bertz CT molecular complexity index is 563. The van der Waals surface area contributed by atoms with E-state index in [0.717, 1.165) is 26.7 Å². The van der Waals surface area contributed by atoms with E-state index >= 15 is 0 Å². The van der Waals surface area contributed by atoms with Crippen LogP contribution in [0.2, 0.25) is 0 Å². The lowest BCUT2D eigenvalue weighted by molar-refractivity contribution is -0.901. The van der Waals surface area contributed by atoms with Crippen LogP contribution in [0, 0.1) is 0 Å². The Hall–Kier alpha value is -0.590. The summed E-state index contributed by atoms with van der Waals surface area (Å²) in [5.41, 5.74) is 0. The van der Waals surface area contributed by atoms with Crippen LogP contribution in [0.5, 0.6) is 0 Å². The second-order valence-electron chi connectivity index (χ2n) is 9.54. The van der Waals surface area contributed by atoms with Crippen LogP contribution in [0.1, 0.15) is 103 Å².